The highest BCUT2D eigenvalue weighted by Crippen LogP contribution is 2.40. The van der Waals surface area contributed by atoms with E-state index in [1.54, 1.807) is 0 Å². The summed E-state index contributed by atoms with van der Waals surface area (Å²) < 4.78 is 0. The third-order valence-corrected chi connectivity index (χ3v) is 3.18. The number of hydrazine groups is 1. The number of aromatic nitrogens is 2. The molecule has 0 spiro atoms. The molecule has 0 aromatic carbocycles. The van der Waals surface area contributed by atoms with Crippen LogP contribution in [0, 0.1) is 0 Å². The summed E-state index contributed by atoms with van der Waals surface area (Å²) in [4.78, 5) is 0. The summed E-state index contributed by atoms with van der Waals surface area (Å²) in [6.07, 6.45) is 3.19. The van der Waals surface area contributed by atoms with E-state index in [1.165, 1.54) is 17.7 Å². The van der Waals surface area contributed by atoms with Crippen molar-refractivity contribution < 1.29 is 0 Å². The Bertz CT molecular complexity index is 341. The molecule has 0 saturated carbocycles. The van der Waals surface area contributed by atoms with Crippen LogP contribution in [-0.2, 0) is 6.54 Å². The van der Waals surface area contributed by atoms with E-state index in [-0.39, 0.29) is 5.54 Å². The first-order valence-electron chi connectivity index (χ1n) is 4.73. The molecule has 2 atom stereocenters. The van der Waals surface area contributed by atoms with Gasteiger partial charge in [0.15, 0.2) is 0 Å². The van der Waals surface area contributed by atoms with Gasteiger partial charge in [0.1, 0.15) is 0 Å². The molecule has 0 aliphatic carbocycles. The third-order valence-electron chi connectivity index (χ3n) is 3.18. The Morgan fingerprint density at radius 1 is 1.62 bits per heavy atom. The lowest BCUT2D eigenvalue weighted by molar-refractivity contribution is 0.100. The van der Waals surface area contributed by atoms with Crippen LogP contribution in [0.25, 0.3) is 0 Å². The average Bonchev–Trinajstić information content (AvgIpc) is 2.58. The SMILES string of the molecule is CC1(C)CC2NN1Cc1n[nH]cc12. The van der Waals surface area contributed by atoms with Crippen LogP contribution in [0.2, 0.25) is 0 Å². The number of fused-ring (bicyclic) bond motifs is 4. The molecule has 1 saturated heterocycles. The van der Waals surface area contributed by atoms with E-state index in [0.29, 0.717) is 6.04 Å². The second kappa shape index (κ2) is 2.13. The molecule has 2 bridgehead atoms. The van der Waals surface area contributed by atoms with Crippen LogP contribution in [0.5, 0.6) is 0 Å². The number of hydrogen-bond donors (Lipinski definition) is 2. The van der Waals surface area contributed by atoms with E-state index in [1.807, 2.05) is 6.20 Å². The minimum Gasteiger partial charge on any atom is -0.285 e. The second-order valence-electron chi connectivity index (χ2n) is 4.57. The Kier molecular flexibility index (Phi) is 1.24. The van der Waals surface area contributed by atoms with Crippen LogP contribution in [0.3, 0.4) is 0 Å². The zero-order chi connectivity index (χ0) is 9.05. The summed E-state index contributed by atoms with van der Waals surface area (Å²) in [5, 5.41) is 9.48. The van der Waals surface area contributed by atoms with Gasteiger partial charge in [0.05, 0.1) is 18.3 Å². The first-order chi connectivity index (χ1) is 6.17. The molecule has 0 amide bonds. The van der Waals surface area contributed by atoms with E-state index in [4.69, 9.17) is 0 Å². The minimum absolute atomic E-state index is 0.262. The van der Waals surface area contributed by atoms with E-state index >= 15 is 0 Å². The maximum atomic E-state index is 4.26. The molecular formula is C9H14N4. The van der Waals surface area contributed by atoms with E-state index in [9.17, 15) is 0 Å². The fraction of sp³-hybridized carbons (Fsp3) is 0.667. The quantitative estimate of drug-likeness (QED) is 0.621. The average molecular weight is 178 g/mol. The van der Waals surface area contributed by atoms with Crippen molar-refractivity contribution in [3.05, 3.63) is 17.5 Å². The molecule has 2 unspecified atom stereocenters. The van der Waals surface area contributed by atoms with E-state index in [0.717, 1.165) is 6.54 Å². The molecular weight excluding hydrogens is 164 g/mol. The van der Waals surface area contributed by atoms with Crippen LogP contribution < -0.4 is 5.43 Å². The van der Waals surface area contributed by atoms with Crippen molar-refractivity contribution in [1.82, 2.24) is 20.6 Å². The molecule has 4 nitrogen and oxygen atoms in total. The predicted molar refractivity (Wildman–Crippen MR) is 48.7 cm³/mol. The maximum Gasteiger partial charge on any atom is 0.0825 e. The summed E-state index contributed by atoms with van der Waals surface area (Å²) >= 11 is 0. The molecule has 3 rings (SSSR count). The molecule has 3 heterocycles. The molecule has 1 fully saturated rings. The van der Waals surface area contributed by atoms with Gasteiger partial charge in [-0.3, -0.25) is 5.10 Å². The number of nitrogens with zero attached hydrogens (tertiary/aromatic N) is 2. The molecule has 70 valence electrons. The molecule has 0 radical (unpaired) electrons. The summed E-state index contributed by atoms with van der Waals surface area (Å²) in [6.45, 7) is 5.47. The highest BCUT2D eigenvalue weighted by molar-refractivity contribution is 5.26. The van der Waals surface area contributed by atoms with Crippen molar-refractivity contribution in [2.75, 3.05) is 0 Å². The number of nitrogens with one attached hydrogen (secondary N) is 2. The van der Waals surface area contributed by atoms with Gasteiger partial charge in [0, 0.05) is 17.3 Å². The fourth-order valence-corrected chi connectivity index (χ4v) is 2.36. The number of rotatable bonds is 0. The Morgan fingerprint density at radius 2 is 2.46 bits per heavy atom. The molecule has 1 aromatic heterocycles. The van der Waals surface area contributed by atoms with Gasteiger partial charge in [-0.2, -0.15) is 5.10 Å². The van der Waals surface area contributed by atoms with Crippen LogP contribution in [0.4, 0.5) is 0 Å². The van der Waals surface area contributed by atoms with Gasteiger partial charge >= 0.3 is 0 Å². The molecule has 2 aliphatic heterocycles. The lowest BCUT2D eigenvalue weighted by Crippen LogP contribution is -2.45. The van der Waals surface area contributed by atoms with Crippen LogP contribution in [0.1, 0.15) is 37.6 Å². The first-order valence-corrected chi connectivity index (χ1v) is 4.73. The molecule has 2 aliphatic rings. The topological polar surface area (TPSA) is 44.0 Å². The Labute approximate surface area is 77.3 Å². The predicted octanol–water partition coefficient (Wildman–Crippen LogP) is 0.953. The van der Waals surface area contributed by atoms with Crippen LogP contribution in [0.15, 0.2) is 6.20 Å². The molecule has 1 aromatic rings. The summed E-state index contributed by atoms with van der Waals surface area (Å²) in [5.74, 6) is 0. The monoisotopic (exact) mass is 178 g/mol. The van der Waals surface area contributed by atoms with Crippen molar-refractivity contribution in [2.24, 2.45) is 0 Å². The van der Waals surface area contributed by atoms with Crippen LogP contribution in [-0.4, -0.2) is 20.7 Å². The van der Waals surface area contributed by atoms with Gasteiger partial charge in [0.25, 0.3) is 0 Å². The molecule has 2 N–H and O–H groups in total. The van der Waals surface area contributed by atoms with Crippen LogP contribution >= 0.6 is 0 Å². The standard InChI is InChI=1S/C9H14N4/c1-9(2)3-7-6-4-10-11-8(6)5-13(9)12-7/h4,7,12H,3,5H2,1-2H3,(H,10,11). The van der Waals surface area contributed by atoms with Crippen molar-refractivity contribution in [2.45, 2.75) is 38.4 Å². The second-order valence-corrected chi connectivity index (χ2v) is 4.57. The van der Waals surface area contributed by atoms with Gasteiger partial charge in [-0.25, -0.2) is 10.4 Å². The van der Waals surface area contributed by atoms with Crippen molar-refractivity contribution in [1.29, 1.82) is 0 Å². The van der Waals surface area contributed by atoms with Gasteiger partial charge in [-0.15, -0.1) is 0 Å². The van der Waals surface area contributed by atoms with Crippen molar-refractivity contribution in [3.8, 4) is 0 Å². The van der Waals surface area contributed by atoms with Crippen molar-refractivity contribution in [3.63, 3.8) is 0 Å². The summed E-state index contributed by atoms with van der Waals surface area (Å²) in [5.41, 5.74) is 6.31. The fourth-order valence-electron chi connectivity index (χ4n) is 2.36. The Morgan fingerprint density at radius 3 is 3.31 bits per heavy atom. The largest absolute Gasteiger partial charge is 0.285 e. The summed E-state index contributed by atoms with van der Waals surface area (Å²) in [7, 11) is 0. The third kappa shape index (κ3) is 0.899. The lowest BCUT2D eigenvalue weighted by Gasteiger charge is -2.31. The highest BCUT2D eigenvalue weighted by atomic mass is 15.6. The Hall–Kier alpha value is -0.870. The number of aromatic amines is 1. The summed E-state index contributed by atoms with van der Waals surface area (Å²) in [6, 6.07) is 0.470. The van der Waals surface area contributed by atoms with Gasteiger partial charge in [-0.1, -0.05) is 0 Å². The van der Waals surface area contributed by atoms with E-state index in [2.05, 4.69) is 34.5 Å². The number of H-pyrrole nitrogens is 1. The van der Waals surface area contributed by atoms with Gasteiger partial charge in [-0.05, 0) is 20.3 Å². The van der Waals surface area contributed by atoms with Crippen molar-refractivity contribution >= 4 is 0 Å². The minimum atomic E-state index is 0.262. The first kappa shape index (κ1) is 7.53. The molecule has 4 heteroatoms. The normalized spacial score (nSPS) is 34.6. The lowest BCUT2D eigenvalue weighted by atomic mass is 9.96. The van der Waals surface area contributed by atoms with Gasteiger partial charge in [0.2, 0.25) is 0 Å². The number of hydrogen-bond acceptors (Lipinski definition) is 3. The highest BCUT2D eigenvalue weighted by Gasteiger charge is 2.43. The molecule has 13 heavy (non-hydrogen) atoms. The zero-order valence-corrected chi connectivity index (χ0v) is 7.96. The van der Waals surface area contributed by atoms with Gasteiger partial charge < -0.3 is 0 Å². The Balaban J connectivity index is 2.06. The van der Waals surface area contributed by atoms with E-state index < -0.39 is 0 Å². The zero-order valence-electron chi connectivity index (χ0n) is 7.96. The smallest absolute Gasteiger partial charge is 0.0825 e. The maximum absolute atomic E-state index is 4.26.